The van der Waals surface area contributed by atoms with Crippen molar-refractivity contribution in [2.45, 2.75) is 94.0 Å². The first-order valence-electron chi connectivity index (χ1n) is 16.8. The number of nitrogens with zero attached hydrogens (tertiary/aromatic N) is 2. The maximum atomic E-state index is 14.6. The maximum Gasteiger partial charge on any atom is 0.306 e. The number of hydrogen-bond donors (Lipinski definition) is 2. The highest BCUT2D eigenvalue weighted by Gasteiger charge is 2.77. The number of esters is 1. The van der Waals surface area contributed by atoms with Crippen LogP contribution >= 0.6 is 15.9 Å². The van der Waals surface area contributed by atoms with E-state index in [0.29, 0.717) is 25.9 Å². The topological polar surface area (TPSA) is 125 Å². The number of unbranched alkanes of at least 4 members (excludes halogenated alkanes) is 2. The molecule has 0 radical (unpaired) electrons. The van der Waals surface area contributed by atoms with E-state index in [1.54, 1.807) is 17.1 Å². The Morgan fingerprint density at radius 2 is 1.94 bits per heavy atom. The van der Waals surface area contributed by atoms with Gasteiger partial charge in [-0.05, 0) is 30.7 Å². The fraction of sp³-hybridized carbons (Fsp3) is 0.611. The highest BCUT2D eigenvalue weighted by molar-refractivity contribution is 9.09. The number of carbonyl (C=O) groups excluding carboxylic acids is 4. The van der Waals surface area contributed by atoms with E-state index in [-0.39, 0.29) is 42.2 Å². The van der Waals surface area contributed by atoms with Crippen molar-refractivity contribution in [1.29, 1.82) is 0 Å². The number of halogens is 1. The summed E-state index contributed by atoms with van der Waals surface area (Å²) in [4.78, 5) is 58.8. The lowest BCUT2D eigenvalue weighted by atomic mass is 9.70. The molecule has 3 saturated heterocycles. The Morgan fingerprint density at radius 3 is 2.55 bits per heavy atom. The molecule has 8 atom stereocenters. The summed E-state index contributed by atoms with van der Waals surface area (Å²) in [6.45, 7) is 13.8. The monoisotopic (exact) mass is 715 g/mol. The largest absolute Gasteiger partial charge is 0.463 e. The van der Waals surface area contributed by atoms with Gasteiger partial charge >= 0.3 is 5.97 Å². The second kappa shape index (κ2) is 16.4. The minimum atomic E-state index is -1.26. The van der Waals surface area contributed by atoms with Gasteiger partial charge in [-0.25, -0.2) is 0 Å². The maximum absolute atomic E-state index is 14.6. The molecule has 3 amide bonds. The Balaban J connectivity index is 1.70. The Kier molecular flexibility index (Phi) is 12.8. The normalized spacial score (nSPS) is 27.3. The molecule has 258 valence electrons. The highest BCUT2D eigenvalue weighted by Crippen LogP contribution is 2.60. The van der Waals surface area contributed by atoms with E-state index in [2.05, 4.69) is 41.3 Å². The Labute approximate surface area is 287 Å². The molecule has 3 aliphatic heterocycles. The van der Waals surface area contributed by atoms with Gasteiger partial charge in [0, 0.05) is 24.3 Å². The molecule has 0 aromatic heterocycles. The van der Waals surface area contributed by atoms with Gasteiger partial charge in [-0.3, -0.25) is 19.2 Å². The van der Waals surface area contributed by atoms with Gasteiger partial charge in [0.1, 0.15) is 18.2 Å². The summed E-state index contributed by atoms with van der Waals surface area (Å²) < 4.78 is 12.2. The van der Waals surface area contributed by atoms with E-state index in [1.807, 2.05) is 44.2 Å². The van der Waals surface area contributed by atoms with Crippen LogP contribution in [0.1, 0.15) is 70.9 Å². The lowest BCUT2D eigenvalue weighted by Crippen LogP contribution is -2.60. The number of hydrogen-bond acceptors (Lipinski definition) is 7. The smallest absolute Gasteiger partial charge is 0.306 e. The summed E-state index contributed by atoms with van der Waals surface area (Å²) in [5.41, 5.74) is -0.521. The zero-order chi connectivity index (χ0) is 34.3. The van der Waals surface area contributed by atoms with Crippen molar-refractivity contribution < 1.29 is 33.8 Å². The number of amides is 3. The SMILES string of the molecule is C=CCCC(=O)OC[C@H](NC(=O)[C@@H]1[C@H]2O[C@@]3(CC2Br)[C@H](C(=O)N(CC=C)CCCCC)N([C@@H](CO)C(C)C)C(=O)[C@@H]13)c1ccccc1. The van der Waals surface area contributed by atoms with Crippen molar-refractivity contribution in [3.63, 3.8) is 0 Å². The molecule has 3 aliphatic rings. The van der Waals surface area contributed by atoms with E-state index in [1.165, 1.54) is 4.90 Å². The molecule has 1 aromatic rings. The number of benzene rings is 1. The van der Waals surface area contributed by atoms with Gasteiger partial charge in [-0.1, -0.05) is 92.0 Å². The van der Waals surface area contributed by atoms with Crippen LogP contribution in [0.3, 0.4) is 0 Å². The number of carbonyl (C=O) groups is 4. The standard InChI is InChI=1S/C36H50BrN3O7/c1-6-9-14-19-39(18-8-3)35(45)32-36-20-25(37)31(47-36)29(30(36)34(44)40(32)27(21-41)23(4)5)33(43)38-26(24-15-12-11-13-16-24)22-46-28(42)17-10-7-2/h7-8,11-13,15-16,23,25-27,29-32,41H,2-3,6,9-10,14,17-22H2,1,4-5H3,(H,38,43)/t25?,26-,27-,29-,30+,31-,32-,36+/m0/s1. The van der Waals surface area contributed by atoms with Crippen LogP contribution in [0.4, 0.5) is 0 Å². The second-order valence-electron chi connectivity index (χ2n) is 13.2. The van der Waals surface area contributed by atoms with Crippen molar-refractivity contribution in [2.75, 3.05) is 26.3 Å². The number of aliphatic hydroxyl groups is 1. The number of alkyl halides is 1. The first-order valence-corrected chi connectivity index (χ1v) is 17.7. The lowest BCUT2D eigenvalue weighted by molar-refractivity contribution is -0.152. The minimum absolute atomic E-state index is 0.0904. The van der Waals surface area contributed by atoms with Crippen molar-refractivity contribution in [1.82, 2.24) is 15.1 Å². The van der Waals surface area contributed by atoms with Crippen LogP contribution < -0.4 is 5.32 Å². The predicted molar refractivity (Wildman–Crippen MR) is 182 cm³/mol. The Hall–Kier alpha value is -3.02. The van der Waals surface area contributed by atoms with E-state index in [9.17, 15) is 24.3 Å². The third-order valence-corrected chi connectivity index (χ3v) is 10.6. The molecule has 4 rings (SSSR count). The zero-order valence-electron chi connectivity index (χ0n) is 27.8. The van der Waals surface area contributed by atoms with Crippen LogP contribution in [0.2, 0.25) is 0 Å². The summed E-state index contributed by atoms with van der Waals surface area (Å²) in [5.74, 6) is -3.45. The van der Waals surface area contributed by atoms with E-state index in [4.69, 9.17) is 9.47 Å². The van der Waals surface area contributed by atoms with Gasteiger partial charge in [-0.2, -0.15) is 0 Å². The fourth-order valence-electron chi connectivity index (χ4n) is 7.44. The minimum Gasteiger partial charge on any atom is -0.463 e. The van der Waals surface area contributed by atoms with Crippen LogP contribution in [0.25, 0.3) is 0 Å². The number of rotatable bonds is 18. The number of likely N-dealkylation sites (tertiary alicyclic amines) is 1. The zero-order valence-corrected chi connectivity index (χ0v) is 29.4. The molecule has 1 unspecified atom stereocenters. The molecular weight excluding hydrogens is 666 g/mol. The molecule has 11 heteroatoms. The second-order valence-corrected chi connectivity index (χ2v) is 14.3. The van der Waals surface area contributed by atoms with Crippen LogP contribution in [0, 0.1) is 17.8 Å². The predicted octanol–water partition coefficient (Wildman–Crippen LogP) is 4.32. The molecule has 10 nitrogen and oxygen atoms in total. The van der Waals surface area contributed by atoms with Gasteiger partial charge in [-0.15, -0.1) is 13.2 Å². The molecule has 47 heavy (non-hydrogen) atoms. The number of allylic oxidation sites excluding steroid dienone is 1. The van der Waals surface area contributed by atoms with E-state index >= 15 is 0 Å². The first-order chi connectivity index (χ1) is 22.6. The number of ether oxygens (including phenoxy) is 2. The van der Waals surface area contributed by atoms with Crippen LogP contribution in [-0.4, -0.2) is 93.5 Å². The van der Waals surface area contributed by atoms with Crippen LogP contribution in [0.5, 0.6) is 0 Å². The van der Waals surface area contributed by atoms with Crippen LogP contribution in [-0.2, 0) is 28.7 Å². The molecule has 3 fully saturated rings. The molecule has 0 aliphatic carbocycles. The van der Waals surface area contributed by atoms with E-state index in [0.717, 1.165) is 24.8 Å². The van der Waals surface area contributed by atoms with Gasteiger partial charge in [0.05, 0.1) is 36.6 Å². The average Bonchev–Trinajstić information content (AvgIpc) is 3.65. The van der Waals surface area contributed by atoms with Crippen molar-refractivity contribution in [3.05, 3.63) is 61.2 Å². The molecule has 3 heterocycles. The third kappa shape index (κ3) is 7.52. The van der Waals surface area contributed by atoms with Crippen molar-refractivity contribution >= 4 is 39.6 Å². The van der Waals surface area contributed by atoms with E-state index < -0.39 is 53.5 Å². The summed E-state index contributed by atoms with van der Waals surface area (Å²) in [6, 6.07) is 6.87. The summed E-state index contributed by atoms with van der Waals surface area (Å²) in [7, 11) is 0. The van der Waals surface area contributed by atoms with Crippen molar-refractivity contribution in [3.8, 4) is 0 Å². The molecule has 1 spiro atoms. The molecule has 2 N–H and O–H groups in total. The summed E-state index contributed by atoms with van der Waals surface area (Å²) in [5, 5.41) is 13.6. The third-order valence-electron chi connectivity index (χ3n) is 9.75. The average molecular weight is 717 g/mol. The molecule has 0 saturated carbocycles. The fourth-order valence-corrected chi connectivity index (χ4v) is 8.38. The lowest BCUT2D eigenvalue weighted by Gasteiger charge is -2.40. The number of nitrogens with one attached hydrogen (secondary N) is 1. The molecule has 1 aromatic carbocycles. The number of aliphatic hydroxyl groups excluding tert-OH is 1. The quantitative estimate of drug-likeness (QED) is 0.100. The first kappa shape index (κ1) is 36.8. The number of fused-ring (bicyclic) bond motifs is 1. The Morgan fingerprint density at radius 1 is 1.21 bits per heavy atom. The molecular formula is C36H50BrN3O7. The molecule has 2 bridgehead atoms. The van der Waals surface area contributed by atoms with Crippen molar-refractivity contribution in [2.24, 2.45) is 17.8 Å². The van der Waals surface area contributed by atoms with Crippen LogP contribution in [0.15, 0.2) is 55.6 Å². The highest BCUT2D eigenvalue weighted by atomic mass is 79.9. The summed E-state index contributed by atoms with van der Waals surface area (Å²) >= 11 is 3.74. The van der Waals surface area contributed by atoms with Gasteiger partial charge in [0.2, 0.25) is 17.7 Å². The Bertz CT molecular complexity index is 1290. The van der Waals surface area contributed by atoms with Gasteiger partial charge < -0.3 is 29.7 Å². The summed E-state index contributed by atoms with van der Waals surface area (Å²) in [6.07, 6.45) is 6.41. The van der Waals surface area contributed by atoms with Gasteiger partial charge in [0.15, 0.2) is 0 Å². The van der Waals surface area contributed by atoms with Gasteiger partial charge in [0.25, 0.3) is 0 Å².